The van der Waals surface area contributed by atoms with E-state index in [0.717, 1.165) is 16.7 Å². The Labute approximate surface area is 266 Å². The van der Waals surface area contributed by atoms with Crippen LogP contribution in [0.15, 0.2) is 119 Å². The topological polar surface area (TPSA) is 130 Å². The maximum atomic E-state index is 14.2. The summed E-state index contributed by atoms with van der Waals surface area (Å²) >= 11 is 2.76. The van der Waals surface area contributed by atoms with Gasteiger partial charge in [0, 0.05) is 10.7 Å². The molecule has 2 aliphatic heterocycles. The van der Waals surface area contributed by atoms with Crippen LogP contribution in [-0.2, 0) is 25.5 Å². The molecule has 2 amide bonds. The number of benzene rings is 3. The minimum Gasteiger partial charge on any atom is -0.448 e. The van der Waals surface area contributed by atoms with E-state index in [1.165, 1.54) is 34.8 Å². The first-order valence-electron chi connectivity index (χ1n) is 14.2. The summed E-state index contributed by atoms with van der Waals surface area (Å²) in [6.45, 7) is 0. The van der Waals surface area contributed by atoms with Crippen LogP contribution in [0.25, 0.3) is 11.0 Å². The van der Waals surface area contributed by atoms with Crippen molar-refractivity contribution in [2.45, 2.75) is 29.0 Å². The summed E-state index contributed by atoms with van der Waals surface area (Å²) in [7, 11) is 0. The number of nitrogens with one attached hydrogen (secondary N) is 2. The Kier molecular flexibility index (Phi) is 8.05. The van der Waals surface area contributed by atoms with E-state index in [9.17, 15) is 14.4 Å². The first-order chi connectivity index (χ1) is 22.1. The van der Waals surface area contributed by atoms with Crippen molar-refractivity contribution >= 4 is 52.3 Å². The average Bonchev–Trinajstić information content (AvgIpc) is 3.57. The van der Waals surface area contributed by atoms with Gasteiger partial charge in [0.2, 0.25) is 5.91 Å². The fourth-order valence-electron chi connectivity index (χ4n) is 5.35. The van der Waals surface area contributed by atoms with Crippen LogP contribution in [0.5, 0.6) is 0 Å². The summed E-state index contributed by atoms with van der Waals surface area (Å²) in [6.07, 6.45) is 2.50. The summed E-state index contributed by atoms with van der Waals surface area (Å²) in [5, 5.41) is 10.6. The fraction of sp³-hybridized carbons (Fsp3) is 0.152. The number of fused-ring (bicyclic) bond motifs is 2. The number of ether oxygens (including phenoxy) is 1. The number of hydrogen-bond acceptors (Lipinski definition) is 9. The van der Waals surface area contributed by atoms with Crippen LogP contribution in [-0.4, -0.2) is 60.0 Å². The normalized spacial score (nSPS) is 17.6. The first-order valence-corrected chi connectivity index (χ1v) is 16.1. The third-order valence-electron chi connectivity index (χ3n) is 7.51. The molecule has 0 aliphatic carbocycles. The number of H-pyrrole nitrogens is 1. The van der Waals surface area contributed by atoms with E-state index in [2.05, 4.69) is 25.5 Å². The third kappa shape index (κ3) is 5.81. The molecular weight excluding hydrogens is 609 g/mol. The average molecular weight is 635 g/mol. The van der Waals surface area contributed by atoms with Crippen molar-refractivity contribution in [3.8, 4) is 0 Å². The molecule has 2 aliphatic rings. The van der Waals surface area contributed by atoms with E-state index >= 15 is 0 Å². The SMILES string of the molecule is O=C(Cc1ccccc1)NC1C(=O)N2C(C(=O)OC(c3ccccc3)c3ccccc3)=C(Sc3ncnc4[nH]ncc34)CS[C@H]12. The second kappa shape index (κ2) is 12.6. The smallest absolute Gasteiger partial charge is 0.356 e. The van der Waals surface area contributed by atoms with Gasteiger partial charge in [-0.1, -0.05) is 103 Å². The Morgan fingerprint density at radius 2 is 1.64 bits per heavy atom. The van der Waals surface area contributed by atoms with Gasteiger partial charge in [-0.25, -0.2) is 14.8 Å². The molecule has 3 aromatic carbocycles. The molecule has 10 nitrogen and oxygen atoms in total. The van der Waals surface area contributed by atoms with Crippen LogP contribution in [0.4, 0.5) is 0 Å². The molecule has 1 unspecified atom stereocenters. The maximum Gasteiger partial charge on any atom is 0.356 e. The number of β-lactam (4-membered cyclic amide) rings is 1. The monoisotopic (exact) mass is 634 g/mol. The van der Waals surface area contributed by atoms with Crippen molar-refractivity contribution in [1.82, 2.24) is 30.4 Å². The lowest BCUT2D eigenvalue weighted by atomic mass is 10.0. The van der Waals surface area contributed by atoms with Gasteiger partial charge in [-0.15, -0.1) is 11.8 Å². The number of aromatic amines is 1. The van der Waals surface area contributed by atoms with Gasteiger partial charge in [0.05, 0.1) is 18.0 Å². The Balaban J connectivity index is 1.21. The molecule has 0 bridgehead atoms. The van der Waals surface area contributed by atoms with Gasteiger partial charge < -0.3 is 10.1 Å². The molecule has 0 saturated carbocycles. The molecule has 2 N–H and O–H groups in total. The Bertz CT molecular complexity index is 1860. The lowest BCUT2D eigenvalue weighted by molar-refractivity contribution is -0.154. The standard InChI is InChI=1S/C33H26N6O4S2/c40-25(16-20-10-4-1-5-11-20)37-26-31(41)39-27(24(18-44-32(26)39)45-30-23-17-36-38-29(23)34-19-35-30)33(42)43-28(21-12-6-2-7-13-21)22-14-8-3-9-15-22/h1-15,17,19,26,28,32H,16,18H2,(H,37,40)(H,34,35,36,38)/t26?,32-/m1/s1. The van der Waals surface area contributed by atoms with E-state index in [4.69, 9.17) is 4.74 Å². The van der Waals surface area contributed by atoms with Crippen molar-refractivity contribution in [2.24, 2.45) is 0 Å². The molecule has 0 spiro atoms. The van der Waals surface area contributed by atoms with E-state index in [-0.39, 0.29) is 23.9 Å². The molecule has 12 heteroatoms. The van der Waals surface area contributed by atoms with E-state index < -0.39 is 23.5 Å². The summed E-state index contributed by atoms with van der Waals surface area (Å²) in [4.78, 5) is 51.5. The number of carbonyl (C=O) groups excluding carboxylic acids is 3. The van der Waals surface area contributed by atoms with Gasteiger partial charge in [0.25, 0.3) is 5.91 Å². The highest BCUT2D eigenvalue weighted by molar-refractivity contribution is 8.06. The lowest BCUT2D eigenvalue weighted by Gasteiger charge is -2.49. The van der Waals surface area contributed by atoms with Crippen LogP contribution in [0.1, 0.15) is 22.8 Å². The fourth-order valence-corrected chi connectivity index (χ4v) is 7.86. The minimum atomic E-state index is -0.765. The van der Waals surface area contributed by atoms with Gasteiger partial charge in [-0.2, -0.15) is 5.10 Å². The zero-order chi connectivity index (χ0) is 30.8. The van der Waals surface area contributed by atoms with Crippen LogP contribution in [0, 0.1) is 0 Å². The van der Waals surface area contributed by atoms with Crippen LogP contribution >= 0.6 is 23.5 Å². The van der Waals surface area contributed by atoms with Crippen molar-refractivity contribution in [1.29, 1.82) is 0 Å². The molecule has 5 aromatic rings. The molecule has 45 heavy (non-hydrogen) atoms. The predicted molar refractivity (Wildman–Crippen MR) is 171 cm³/mol. The van der Waals surface area contributed by atoms with Gasteiger partial charge in [0.15, 0.2) is 11.8 Å². The number of rotatable bonds is 9. The highest BCUT2D eigenvalue weighted by atomic mass is 32.2. The Hall–Kier alpha value is -4.94. The number of nitrogens with zero attached hydrogens (tertiary/aromatic N) is 4. The molecule has 1 saturated heterocycles. The molecule has 4 heterocycles. The van der Waals surface area contributed by atoms with Crippen LogP contribution in [0.3, 0.4) is 0 Å². The number of carbonyl (C=O) groups is 3. The van der Waals surface area contributed by atoms with E-state index in [0.29, 0.717) is 26.7 Å². The lowest BCUT2D eigenvalue weighted by Crippen LogP contribution is -2.70. The second-order valence-electron chi connectivity index (χ2n) is 10.4. The largest absolute Gasteiger partial charge is 0.448 e. The summed E-state index contributed by atoms with van der Waals surface area (Å²) < 4.78 is 6.25. The zero-order valence-corrected chi connectivity index (χ0v) is 25.3. The molecule has 2 aromatic heterocycles. The molecule has 2 atom stereocenters. The molecule has 7 rings (SSSR count). The number of thioether (sulfide) groups is 2. The van der Waals surface area contributed by atoms with Crippen LogP contribution in [0.2, 0.25) is 0 Å². The van der Waals surface area contributed by atoms with E-state index in [1.807, 2.05) is 91.0 Å². The third-order valence-corrected chi connectivity index (χ3v) is 10.1. The van der Waals surface area contributed by atoms with Gasteiger partial charge in [-0.05, 0) is 16.7 Å². The number of amides is 2. The molecule has 0 radical (unpaired) electrons. The number of aromatic nitrogens is 4. The van der Waals surface area contributed by atoms with Crippen molar-refractivity contribution in [3.05, 3.63) is 131 Å². The van der Waals surface area contributed by atoms with Gasteiger partial charge >= 0.3 is 5.97 Å². The summed E-state index contributed by atoms with van der Waals surface area (Å²) in [5.41, 5.74) is 3.15. The second-order valence-corrected chi connectivity index (χ2v) is 12.6. The first kappa shape index (κ1) is 28.8. The Morgan fingerprint density at radius 3 is 2.33 bits per heavy atom. The van der Waals surface area contributed by atoms with E-state index in [1.54, 1.807) is 6.20 Å². The highest BCUT2D eigenvalue weighted by Crippen LogP contribution is 2.46. The quantitative estimate of drug-likeness (QED) is 0.135. The Morgan fingerprint density at radius 1 is 0.978 bits per heavy atom. The van der Waals surface area contributed by atoms with Crippen molar-refractivity contribution in [3.63, 3.8) is 0 Å². The summed E-state index contributed by atoms with van der Waals surface area (Å²) in [6, 6.07) is 27.5. The summed E-state index contributed by atoms with van der Waals surface area (Å²) in [5.74, 6) is -0.866. The highest BCUT2D eigenvalue weighted by Gasteiger charge is 2.55. The molecule has 1 fully saturated rings. The van der Waals surface area contributed by atoms with Crippen molar-refractivity contribution in [2.75, 3.05) is 5.75 Å². The zero-order valence-electron chi connectivity index (χ0n) is 23.7. The molecular formula is C33H26N6O4S2. The van der Waals surface area contributed by atoms with Crippen LogP contribution < -0.4 is 5.32 Å². The van der Waals surface area contributed by atoms with Gasteiger partial charge in [0.1, 0.15) is 28.5 Å². The number of esters is 1. The molecule has 224 valence electrons. The number of hydrogen-bond donors (Lipinski definition) is 2. The predicted octanol–water partition coefficient (Wildman–Crippen LogP) is 4.63. The van der Waals surface area contributed by atoms with Gasteiger partial charge in [-0.3, -0.25) is 19.6 Å². The maximum absolute atomic E-state index is 14.2. The minimum absolute atomic E-state index is 0.148. The van der Waals surface area contributed by atoms with Crippen molar-refractivity contribution < 1.29 is 19.1 Å².